The van der Waals surface area contributed by atoms with Gasteiger partial charge in [-0.25, -0.2) is 0 Å². The third-order valence-electron chi connectivity index (χ3n) is 8.67. The Morgan fingerprint density at radius 2 is 0.968 bits per heavy atom. The minimum atomic E-state index is -2.42. The molecule has 1 heterocycles. The van der Waals surface area contributed by atoms with Crippen LogP contribution >= 0.6 is 0 Å². The molecule has 5 rings (SSSR count). The molecule has 172 valence electrons. The number of hydrogen-bond acceptors (Lipinski definition) is 0. The summed E-state index contributed by atoms with van der Waals surface area (Å²) < 4.78 is 7.29. The SMILES string of the molecule is CC(C)(C)C1[C]([Zr+2]2([C]3=CC4=C(CCCC4)C3C(C)(C)C)[CH2][CH2]2)=CC2=C1CCCC2.[Cl-].[Cl-]. The first-order valence-corrected chi connectivity index (χ1v) is 18.4. The number of allylic oxidation sites excluding steroid dienone is 8. The minimum Gasteiger partial charge on any atom is -1.00 e. The van der Waals surface area contributed by atoms with Crippen molar-refractivity contribution in [2.75, 3.05) is 0 Å². The van der Waals surface area contributed by atoms with Gasteiger partial charge in [-0.15, -0.1) is 0 Å². The van der Waals surface area contributed by atoms with Gasteiger partial charge in [0, 0.05) is 0 Å². The summed E-state index contributed by atoms with van der Waals surface area (Å²) in [7, 11) is 0. The van der Waals surface area contributed by atoms with Crippen LogP contribution in [0.5, 0.6) is 0 Å². The molecule has 0 aromatic heterocycles. The zero-order chi connectivity index (χ0) is 20.6. The molecule has 0 amide bonds. The van der Waals surface area contributed by atoms with Gasteiger partial charge >= 0.3 is 185 Å². The maximum absolute atomic E-state index is 2.82. The average molecular weight is 541 g/mol. The smallest absolute Gasteiger partial charge is 1.00 e. The van der Waals surface area contributed by atoms with Crippen LogP contribution in [0.25, 0.3) is 0 Å². The van der Waals surface area contributed by atoms with E-state index in [1.54, 1.807) is 19.4 Å². The maximum atomic E-state index is 2.82. The number of rotatable bonds is 2. The molecule has 0 bridgehead atoms. The molecule has 3 heteroatoms. The Hall–Kier alpha value is 0.423. The van der Waals surface area contributed by atoms with Gasteiger partial charge in [-0.2, -0.15) is 0 Å². The molecule has 0 aromatic carbocycles. The molecule has 0 radical (unpaired) electrons. The Morgan fingerprint density at radius 3 is 1.29 bits per heavy atom. The van der Waals surface area contributed by atoms with Crippen LogP contribution in [0.15, 0.2) is 41.0 Å². The van der Waals surface area contributed by atoms with Crippen molar-refractivity contribution in [2.24, 2.45) is 22.7 Å². The van der Waals surface area contributed by atoms with Crippen molar-refractivity contribution in [1.29, 1.82) is 0 Å². The summed E-state index contributed by atoms with van der Waals surface area (Å²) in [6, 6.07) is 0. The number of halogens is 2. The van der Waals surface area contributed by atoms with Crippen LogP contribution in [0.3, 0.4) is 0 Å². The van der Waals surface area contributed by atoms with E-state index in [9.17, 15) is 0 Å². The summed E-state index contributed by atoms with van der Waals surface area (Å²) in [5, 5.41) is 0. The van der Waals surface area contributed by atoms with Crippen LogP contribution < -0.4 is 24.8 Å². The van der Waals surface area contributed by atoms with Gasteiger partial charge in [0.2, 0.25) is 0 Å². The van der Waals surface area contributed by atoms with Crippen LogP contribution in [0.1, 0.15) is 92.9 Å². The van der Waals surface area contributed by atoms with E-state index in [4.69, 9.17) is 0 Å². The van der Waals surface area contributed by atoms with Gasteiger partial charge in [0.1, 0.15) is 0 Å². The topological polar surface area (TPSA) is 0 Å². The summed E-state index contributed by atoms with van der Waals surface area (Å²) in [4.78, 5) is 0. The van der Waals surface area contributed by atoms with Gasteiger partial charge in [0.05, 0.1) is 0 Å². The standard InChI is InChI=1S/2C13H19.C2H4.2ClH.Zr/c2*1-13(2,3)12-9-8-10-6-4-5-7-11(10)12;1-2;;;/h2*8,12H,4-7H2,1-3H3;1-2H2;2*1H;/q;;;;;+2/p-2. The summed E-state index contributed by atoms with van der Waals surface area (Å²) in [5.41, 5.74) is 8.11. The van der Waals surface area contributed by atoms with Crippen molar-refractivity contribution in [3.8, 4) is 0 Å². The van der Waals surface area contributed by atoms with E-state index in [0.717, 1.165) is 11.8 Å². The first-order valence-electron chi connectivity index (χ1n) is 12.5. The molecule has 2 atom stereocenters. The molecule has 2 unspecified atom stereocenters. The fraction of sp³-hybridized carbons (Fsp3) is 0.714. The molecule has 0 N–H and O–H groups in total. The second-order valence-electron chi connectivity index (χ2n) is 12.9. The molecule has 1 fully saturated rings. The Kier molecular flexibility index (Phi) is 7.47. The Balaban J connectivity index is 0.00000136. The monoisotopic (exact) mass is 538 g/mol. The van der Waals surface area contributed by atoms with Crippen molar-refractivity contribution in [3.05, 3.63) is 41.0 Å². The molecule has 0 nitrogen and oxygen atoms in total. The third kappa shape index (κ3) is 4.32. The van der Waals surface area contributed by atoms with Crippen molar-refractivity contribution in [3.63, 3.8) is 0 Å². The van der Waals surface area contributed by atoms with Gasteiger partial charge < -0.3 is 24.8 Å². The van der Waals surface area contributed by atoms with E-state index in [-0.39, 0.29) is 24.8 Å². The second-order valence-corrected chi connectivity index (χ2v) is 23.5. The number of hydrogen-bond donors (Lipinski definition) is 0. The fourth-order valence-electron chi connectivity index (χ4n) is 7.49. The van der Waals surface area contributed by atoms with Crippen LogP contribution in [0.4, 0.5) is 0 Å². The molecular weight excluding hydrogens is 498 g/mol. The predicted molar refractivity (Wildman–Crippen MR) is 123 cm³/mol. The Morgan fingerprint density at radius 1 is 0.613 bits per heavy atom. The second kappa shape index (κ2) is 8.89. The quantitative estimate of drug-likeness (QED) is 0.506. The van der Waals surface area contributed by atoms with Gasteiger partial charge in [0.25, 0.3) is 0 Å². The van der Waals surface area contributed by atoms with Gasteiger partial charge in [-0.3, -0.25) is 0 Å². The van der Waals surface area contributed by atoms with Crippen LogP contribution in [-0.4, -0.2) is 0 Å². The summed E-state index contributed by atoms with van der Waals surface area (Å²) in [6.45, 7) is 15.2. The zero-order valence-corrected chi connectivity index (χ0v) is 24.6. The van der Waals surface area contributed by atoms with Crippen molar-refractivity contribution in [1.82, 2.24) is 0 Å². The molecule has 31 heavy (non-hydrogen) atoms. The average Bonchev–Trinajstić information content (AvgIpc) is 3.18. The molecule has 0 saturated carbocycles. The molecule has 4 aliphatic carbocycles. The molecule has 1 aliphatic heterocycles. The van der Waals surface area contributed by atoms with E-state index in [2.05, 4.69) is 53.7 Å². The maximum Gasteiger partial charge on any atom is -1.00 e. The molecule has 5 aliphatic rings. The van der Waals surface area contributed by atoms with Gasteiger partial charge in [0.15, 0.2) is 0 Å². The van der Waals surface area contributed by atoms with Gasteiger partial charge in [-0.05, 0) is 0 Å². The molecular formula is C28H42Cl2Zr. The molecule has 0 spiro atoms. The van der Waals surface area contributed by atoms with E-state index in [1.807, 2.05) is 17.7 Å². The minimum absolute atomic E-state index is 0. The molecule has 1 saturated heterocycles. The third-order valence-corrected chi connectivity index (χ3v) is 19.9. The van der Waals surface area contributed by atoms with E-state index < -0.39 is 20.3 Å². The fourth-order valence-corrected chi connectivity index (χ4v) is 23.3. The van der Waals surface area contributed by atoms with Gasteiger partial charge in [-0.1, -0.05) is 0 Å². The Bertz CT molecular complexity index is 784. The summed E-state index contributed by atoms with van der Waals surface area (Å²) in [5.74, 6) is 1.55. The van der Waals surface area contributed by atoms with E-state index in [0.29, 0.717) is 10.8 Å². The van der Waals surface area contributed by atoms with Crippen molar-refractivity contribution >= 4 is 0 Å². The first-order chi connectivity index (χ1) is 13.6. The Labute approximate surface area is 208 Å². The summed E-state index contributed by atoms with van der Waals surface area (Å²) >= 11 is -2.42. The van der Waals surface area contributed by atoms with E-state index >= 15 is 0 Å². The normalized spacial score (nSPS) is 28.5. The van der Waals surface area contributed by atoms with E-state index in [1.165, 1.54) is 51.4 Å². The zero-order valence-electron chi connectivity index (χ0n) is 20.6. The van der Waals surface area contributed by atoms with Crippen molar-refractivity contribution in [2.45, 2.75) is 101 Å². The largest absolute Gasteiger partial charge is 1.00 e. The van der Waals surface area contributed by atoms with Crippen LogP contribution in [0.2, 0.25) is 8.26 Å². The predicted octanol–water partition coefficient (Wildman–Crippen LogP) is 2.86. The van der Waals surface area contributed by atoms with Crippen molar-refractivity contribution < 1.29 is 45.1 Å². The molecule has 0 aromatic rings. The van der Waals surface area contributed by atoms with Crippen LogP contribution in [-0.2, 0) is 20.3 Å². The summed E-state index contributed by atoms with van der Waals surface area (Å²) in [6.07, 6.45) is 16.8. The van der Waals surface area contributed by atoms with Crippen LogP contribution in [0, 0.1) is 22.7 Å². The first kappa shape index (κ1) is 26.0.